The third-order valence-corrected chi connectivity index (χ3v) is 0.572. The number of azide groups is 1. The summed E-state index contributed by atoms with van der Waals surface area (Å²) in [4.78, 5) is 21.1. The van der Waals surface area contributed by atoms with E-state index in [9.17, 15) is 9.59 Å². The van der Waals surface area contributed by atoms with Crippen LogP contribution >= 0.6 is 18.8 Å². The molecule has 0 amide bonds. The molecular formula is C5H13Cl2N5O4Pt. The summed E-state index contributed by atoms with van der Waals surface area (Å²) >= 11 is -0.472. The van der Waals surface area contributed by atoms with Gasteiger partial charge in [-0.2, -0.15) is 0 Å². The maximum Gasteiger partial charge on any atom is 0.309 e. The molecule has 0 aromatic rings. The second kappa shape index (κ2) is 29.5. The van der Waals surface area contributed by atoms with Crippen LogP contribution in [0.2, 0.25) is 0 Å². The van der Waals surface area contributed by atoms with Gasteiger partial charge in [0.1, 0.15) is 6.54 Å². The van der Waals surface area contributed by atoms with Gasteiger partial charge in [-0.05, 0) is 5.53 Å². The van der Waals surface area contributed by atoms with Crippen molar-refractivity contribution in [3.8, 4) is 0 Å². The monoisotopic (exact) mass is 472 g/mol. The number of halogens is 2. The second-order valence-electron chi connectivity index (χ2n) is 1.58. The van der Waals surface area contributed by atoms with Crippen molar-refractivity contribution in [1.82, 2.24) is 0 Å². The van der Waals surface area contributed by atoms with E-state index in [4.69, 9.17) is 34.6 Å². The van der Waals surface area contributed by atoms with Gasteiger partial charge in [-0.25, -0.2) is 0 Å². The molecule has 0 unspecified atom stereocenters. The molecule has 0 atom stereocenters. The van der Waals surface area contributed by atoms with E-state index in [1.807, 2.05) is 0 Å². The molecule has 0 rings (SSSR count). The van der Waals surface area contributed by atoms with E-state index in [1.54, 1.807) is 6.92 Å². The van der Waals surface area contributed by atoms with Gasteiger partial charge < -0.3 is 22.5 Å². The number of carbonyl (C=O) groups is 2. The maximum atomic E-state index is 9.49. The summed E-state index contributed by atoms with van der Waals surface area (Å²) in [6.45, 7) is 1.12. The van der Waals surface area contributed by atoms with Gasteiger partial charge in [0, 0.05) is 11.3 Å². The van der Waals surface area contributed by atoms with Crippen LogP contribution in [0.1, 0.15) is 13.3 Å². The molecule has 0 aromatic heterocycles. The summed E-state index contributed by atoms with van der Waals surface area (Å²) in [7, 11) is 9.75. The van der Waals surface area contributed by atoms with Crippen LogP contribution < -0.4 is 0 Å². The van der Waals surface area contributed by atoms with Crippen molar-refractivity contribution in [2.75, 3.05) is 6.54 Å². The van der Waals surface area contributed by atoms with Gasteiger partial charge in [0.2, 0.25) is 0 Å². The Labute approximate surface area is 115 Å². The fourth-order valence-electron chi connectivity index (χ4n) is 0.0921. The van der Waals surface area contributed by atoms with Crippen molar-refractivity contribution < 1.29 is 36.3 Å². The summed E-state index contributed by atoms with van der Waals surface area (Å²) in [6.07, 6.45) is 0.222. The van der Waals surface area contributed by atoms with E-state index < -0.39 is 35.0 Å². The topological polar surface area (TPSA) is 190 Å². The van der Waals surface area contributed by atoms with Crippen molar-refractivity contribution in [3.05, 3.63) is 22.7 Å². The Morgan fingerprint density at radius 2 is 1.59 bits per heavy atom. The molecule has 0 heterocycles. The van der Waals surface area contributed by atoms with Crippen molar-refractivity contribution in [3.63, 3.8) is 0 Å². The first-order valence-electron chi connectivity index (χ1n) is 3.22. The number of rotatable bonds is 3. The van der Waals surface area contributed by atoms with Gasteiger partial charge in [0.25, 0.3) is 0 Å². The first-order chi connectivity index (χ1) is 6.95. The first-order valence-corrected chi connectivity index (χ1v) is 8.86. The molecule has 0 spiro atoms. The molecule has 0 aromatic carbocycles. The van der Waals surface area contributed by atoms with Gasteiger partial charge in [-0.1, -0.05) is 12.0 Å². The normalized spacial score (nSPS) is 6.29. The van der Waals surface area contributed by atoms with Crippen LogP contribution in [-0.2, 0) is 26.1 Å². The second-order valence-corrected chi connectivity index (χ2v) is 4.86. The zero-order valence-electron chi connectivity index (χ0n) is 8.69. The van der Waals surface area contributed by atoms with Gasteiger partial charge in [-0.3, -0.25) is 9.59 Å². The average Bonchev–Trinajstić information content (AvgIpc) is 2.16. The summed E-state index contributed by atoms with van der Waals surface area (Å²) in [6, 6.07) is 0. The molecule has 0 saturated heterocycles. The van der Waals surface area contributed by atoms with E-state index in [0.29, 0.717) is 0 Å². The molecule has 0 bridgehead atoms. The number of carboxylic acid groups (broad SMARTS) is 2. The summed E-state index contributed by atoms with van der Waals surface area (Å²) < 4.78 is 0. The molecule has 0 aliphatic carbocycles. The molecule has 0 fully saturated rings. The molecule has 0 aliphatic heterocycles. The standard InChI is InChI=1S/C3H6O2.C2H3N3O2.2ClH.2H2N.Pt/c1-2-3(4)5;3-5-4-1-2(6)7;;;;;/h2H2,1H3,(H,4,5);1H2,(H,6,7);2*1H;2*1H2;/q;;;;2*-1;+4/p-2. The van der Waals surface area contributed by atoms with E-state index in [-0.39, 0.29) is 18.7 Å². The maximum absolute atomic E-state index is 9.49. The Balaban J connectivity index is -0.0000000430. The third-order valence-electron chi connectivity index (χ3n) is 0.572. The fourth-order valence-corrected chi connectivity index (χ4v) is 0.0921. The van der Waals surface area contributed by atoms with Crippen LogP contribution in [0.4, 0.5) is 0 Å². The number of hydrogen-bond donors (Lipinski definition) is 2. The minimum atomic E-state index is -1.11. The van der Waals surface area contributed by atoms with Gasteiger partial charge >= 0.3 is 47.3 Å². The number of nitrogens with zero attached hydrogens (tertiary/aromatic N) is 3. The first kappa shape index (κ1) is 29.9. The molecule has 12 heteroatoms. The van der Waals surface area contributed by atoms with Crippen molar-refractivity contribution >= 4 is 30.8 Å². The summed E-state index contributed by atoms with van der Waals surface area (Å²) in [5.74, 6) is -1.86. The Morgan fingerprint density at radius 3 is 1.65 bits per heavy atom. The quantitative estimate of drug-likeness (QED) is 0.359. The average molecular weight is 473 g/mol. The minimum Gasteiger partial charge on any atom is -0.693 e. The zero-order valence-corrected chi connectivity index (χ0v) is 12.5. The van der Waals surface area contributed by atoms with Crippen LogP contribution in [0.3, 0.4) is 0 Å². The van der Waals surface area contributed by atoms with Gasteiger partial charge in [0.05, 0.1) is 0 Å². The Kier molecular flexibility index (Phi) is 52.0. The van der Waals surface area contributed by atoms with Crippen molar-refractivity contribution in [2.24, 2.45) is 5.11 Å². The van der Waals surface area contributed by atoms with Gasteiger partial charge in [0.15, 0.2) is 0 Å². The van der Waals surface area contributed by atoms with Crippen molar-refractivity contribution in [2.45, 2.75) is 13.3 Å². The smallest absolute Gasteiger partial charge is 0.309 e. The van der Waals surface area contributed by atoms with Crippen LogP contribution in [-0.4, -0.2) is 28.7 Å². The van der Waals surface area contributed by atoms with Crippen LogP contribution in [0, 0.1) is 0 Å². The van der Waals surface area contributed by atoms with E-state index in [1.165, 1.54) is 0 Å². The Hall–Kier alpha value is -0.562. The molecule has 106 valence electrons. The fraction of sp³-hybridized carbons (Fsp3) is 0.600. The van der Waals surface area contributed by atoms with Crippen LogP contribution in [0.5, 0.6) is 0 Å². The van der Waals surface area contributed by atoms with Crippen LogP contribution in [0.15, 0.2) is 5.11 Å². The summed E-state index contributed by atoms with van der Waals surface area (Å²) in [5, 5.41) is 18.3. The minimum absolute atomic E-state index is 0. The molecular weight excluding hydrogens is 460 g/mol. The number of hydrogen-bond acceptors (Lipinski definition) is 3. The van der Waals surface area contributed by atoms with Crippen LogP contribution in [0.25, 0.3) is 22.7 Å². The molecule has 0 radical (unpaired) electrons. The molecule has 17 heavy (non-hydrogen) atoms. The molecule has 0 saturated carbocycles. The molecule has 0 aliphatic rings. The van der Waals surface area contributed by atoms with E-state index in [0.717, 1.165) is 0 Å². The van der Waals surface area contributed by atoms with E-state index >= 15 is 0 Å². The third kappa shape index (κ3) is 94.3. The zero-order chi connectivity index (χ0) is 12.7. The summed E-state index contributed by atoms with van der Waals surface area (Å²) in [5.41, 5.74) is 7.51. The van der Waals surface area contributed by atoms with Crippen molar-refractivity contribution in [1.29, 1.82) is 0 Å². The van der Waals surface area contributed by atoms with Gasteiger partial charge in [-0.15, -0.1) is 0 Å². The molecule has 6 N–H and O–H groups in total. The Bertz CT molecular complexity index is 226. The Morgan fingerprint density at radius 1 is 1.29 bits per heavy atom. The largest absolute Gasteiger partial charge is 0.693 e. The SMILES string of the molecule is CCC(=O)O.[Cl][Pt+2][Cl].[N-]=[N+]=NCC(=O)O.[NH2-].[NH2-]. The predicted molar refractivity (Wildman–Crippen MR) is 61.9 cm³/mol. The number of nitrogens with two attached hydrogens (primary N) is 2. The molecule has 9 nitrogen and oxygen atoms in total. The number of aliphatic carboxylic acids is 2. The predicted octanol–water partition coefficient (Wildman–Crippen LogP) is 3.67. The number of carboxylic acids is 2. The van der Waals surface area contributed by atoms with E-state index in [2.05, 4.69) is 10.0 Å².